The number of hydrogen-bond acceptors (Lipinski definition) is 5. The second kappa shape index (κ2) is 10.4. The first kappa shape index (κ1) is 24.6. The number of furan rings is 1. The molecule has 0 saturated heterocycles. The highest BCUT2D eigenvalue weighted by Gasteiger charge is 2.23. The molecule has 2 aromatic carbocycles. The molecule has 0 bridgehead atoms. The van der Waals surface area contributed by atoms with Gasteiger partial charge in [0.15, 0.2) is 16.7 Å². The monoisotopic (exact) mass is 556 g/mol. The maximum atomic E-state index is 11.9. The minimum atomic E-state index is -1.12. The van der Waals surface area contributed by atoms with Gasteiger partial charge in [0.05, 0.1) is 4.47 Å². The average molecular weight is 558 g/mol. The summed E-state index contributed by atoms with van der Waals surface area (Å²) < 4.78 is 8.51. The number of aryl methyl sites for hydroxylation is 1. The Bertz CT molecular complexity index is 1460. The molecule has 0 aliphatic heterocycles. The molecule has 0 atom stereocenters. The fourth-order valence-electron chi connectivity index (χ4n) is 3.95. The topological polar surface area (TPSA) is 143 Å². The molecule has 0 aliphatic carbocycles. The minimum absolute atomic E-state index is 0.00765. The molecule has 4 rings (SSSR count). The lowest BCUT2D eigenvalue weighted by atomic mass is 10.0. The van der Waals surface area contributed by atoms with Gasteiger partial charge >= 0.3 is 5.97 Å². The number of nitrogens with one attached hydrogen (secondary N) is 1. The Hall–Kier alpha value is -3.50. The molecule has 0 amide bonds. The summed E-state index contributed by atoms with van der Waals surface area (Å²) in [6, 6.07) is 12.9. The number of carboxylic acids is 1. The number of unbranched alkanes of at least 4 members (excludes halogenated alkanes) is 1. The molecule has 0 unspecified atom stereocenters. The van der Waals surface area contributed by atoms with Gasteiger partial charge in [-0.3, -0.25) is 0 Å². The molecular weight excluding hydrogens is 536 g/mol. The Morgan fingerprint density at radius 2 is 2.09 bits per heavy atom. The van der Waals surface area contributed by atoms with Crippen LogP contribution in [0.2, 0.25) is 5.15 Å². The fraction of sp³-hybridized carbons (Fsp3) is 0.208. The second-order valence-electron chi connectivity index (χ2n) is 7.87. The van der Waals surface area contributed by atoms with E-state index in [1.165, 1.54) is 0 Å². The summed E-state index contributed by atoms with van der Waals surface area (Å²) in [6.45, 7) is 2.36. The van der Waals surface area contributed by atoms with Crippen LogP contribution in [0.4, 0.5) is 0 Å². The third kappa shape index (κ3) is 4.85. The van der Waals surface area contributed by atoms with E-state index in [1.807, 2.05) is 36.4 Å². The maximum Gasteiger partial charge on any atom is 0.355 e. The average Bonchev–Trinajstić information content (AvgIpc) is 3.33. The second-order valence-corrected chi connectivity index (χ2v) is 9.02. The first-order chi connectivity index (χ1) is 16.8. The van der Waals surface area contributed by atoms with E-state index in [9.17, 15) is 9.90 Å². The Balaban J connectivity index is 1.78. The van der Waals surface area contributed by atoms with Crippen LogP contribution < -0.4 is 5.73 Å². The van der Waals surface area contributed by atoms with Gasteiger partial charge in [0.2, 0.25) is 0 Å². The molecule has 9 nitrogen and oxygen atoms in total. The van der Waals surface area contributed by atoms with Gasteiger partial charge in [-0.25, -0.2) is 9.78 Å². The van der Waals surface area contributed by atoms with Crippen LogP contribution in [0, 0.1) is 5.53 Å². The zero-order valence-corrected chi connectivity index (χ0v) is 21.1. The fourth-order valence-corrected chi connectivity index (χ4v) is 4.83. The Morgan fingerprint density at radius 1 is 1.31 bits per heavy atom. The van der Waals surface area contributed by atoms with Crippen molar-refractivity contribution >= 4 is 50.3 Å². The summed E-state index contributed by atoms with van der Waals surface area (Å²) in [7, 11) is 0. The van der Waals surface area contributed by atoms with E-state index in [2.05, 4.69) is 38.2 Å². The van der Waals surface area contributed by atoms with Crippen molar-refractivity contribution < 1.29 is 14.3 Å². The van der Waals surface area contributed by atoms with Crippen LogP contribution in [-0.2, 0) is 13.0 Å². The van der Waals surface area contributed by atoms with Crippen LogP contribution >= 0.6 is 27.5 Å². The summed E-state index contributed by atoms with van der Waals surface area (Å²) >= 11 is 9.82. The normalized spacial score (nSPS) is 11.8. The standard InChI is InChI=1S/C24H22BrClN6O3/c1-2-3-8-18-29-22(26)20(24(33)34)32(18)12-13-9-10-17-16(11-13)19(25)21(35-17)14-6-4-5-7-15(14)23(27)30-31-28/h4-7,9-11H,2-3,8,12H2,1H3,(H,33,34)(H3,27,28,30). The van der Waals surface area contributed by atoms with Crippen LogP contribution in [0.5, 0.6) is 0 Å². The molecule has 2 heterocycles. The van der Waals surface area contributed by atoms with Crippen molar-refractivity contribution in [1.82, 2.24) is 9.55 Å². The van der Waals surface area contributed by atoms with Crippen molar-refractivity contribution in [3.63, 3.8) is 0 Å². The van der Waals surface area contributed by atoms with Crippen LogP contribution in [0.25, 0.3) is 22.3 Å². The summed E-state index contributed by atoms with van der Waals surface area (Å²) in [5.74, 6) is 0.177. The Kier molecular flexibility index (Phi) is 7.32. The maximum absolute atomic E-state index is 11.9. The van der Waals surface area contributed by atoms with Crippen molar-refractivity contribution in [1.29, 1.82) is 5.53 Å². The van der Waals surface area contributed by atoms with E-state index >= 15 is 0 Å². The lowest BCUT2D eigenvalue weighted by molar-refractivity contribution is 0.0685. The van der Waals surface area contributed by atoms with E-state index in [1.54, 1.807) is 10.6 Å². The van der Waals surface area contributed by atoms with Crippen LogP contribution in [-0.4, -0.2) is 26.5 Å². The molecule has 4 aromatic rings. The van der Waals surface area contributed by atoms with Gasteiger partial charge in [0.1, 0.15) is 17.2 Å². The number of hydrogen-bond donors (Lipinski definition) is 3. The summed E-state index contributed by atoms with van der Waals surface area (Å²) in [5, 5.41) is 17.2. The lowest BCUT2D eigenvalue weighted by Gasteiger charge is -2.10. The zero-order chi connectivity index (χ0) is 25.1. The van der Waals surface area contributed by atoms with Crippen molar-refractivity contribution in [3.05, 3.63) is 74.7 Å². The number of nitrogens with zero attached hydrogens (tertiary/aromatic N) is 4. The van der Waals surface area contributed by atoms with Crippen LogP contribution in [0.1, 0.15) is 47.2 Å². The highest BCUT2D eigenvalue weighted by atomic mass is 79.9. The molecule has 0 spiro atoms. The lowest BCUT2D eigenvalue weighted by Crippen LogP contribution is -2.13. The van der Waals surface area contributed by atoms with Gasteiger partial charge in [0.25, 0.3) is 0 Å². The summed E-state index contributed by atoms with van der Waals surface area (Å²) in [5.41, 5.74) is 15.7. The number of amidine groups is 1. The number of fused-ring (bicyclic) bond motifs is 1. The first-order valence-corrected chi connectivity index (χ1v) is 12.0. The predicted octanol–water partition coefficient (Wildman–Crippen LogP) is 6.45. The van der Waals surface area contributed by atoms with Crippen molar-refractivity contribution in [2.45, 2.75) is 32.7 Å². The first-order valence-electron chi connectivity index (χ1n) is 10.8. The molecule has 0 fully saturated rings. The molecule has 2 aromatic heterocycles. The molecular formula is C24H22BrClN6O3. The third-order valence-corrected chi connectivity index (χ3v) is 6.65. The van der Waals surface area contributed by atoms with Gasteiger partial charge in [-0.2, -0.15) is 5.53 Å². The van der Waals surface area contributed by atoms with E-state index < -0.39 is 5.97 Å². The van der Waals surface area contributed by atoms with E-state index in [4.69, 9.17) is 27.3 Å². The van der Waals surface area contributed by atoms with Crippen molar-refractivity contribution in [2.24, 2.45) is 16.1 Å². The van der Waals surface area contributed by atoms with Crippen LogP contribution in [0.3, 0.4) is 0 Å². The number of carboxylic acid groups (broad SMARTS) is 1. The SMILES string of the molecule is CCCCc1nc(Cl)c(C(=O)O)n1Cc1ccc2oc(-c3ccccc3/C(N)=N/N=N)c(Br)c2c1. The van der Waals surface area contributed by atoms with Crippen LogP contribution in [0.15, 0.2) is 61.7 Å². The van der Waals surface area contributed by atoms with Gasteiger partial charge < -0.3 is 19.8 Å². The number of rotatable bonds is 9. The third-order valence-electron chi connectivity index (χ3n) is 5.60. The quantitative estimate of drug-likeness (QED) is 0.0937. The predicted molar refractivity (Wildman–Crippen MR) is 137 cm³/mol. The zero-order valence-electron chi connectivity index (χ0n) is 18.8. The largest absolute Gasteiger partial charge is 0.476 e. The molecule has 11 heteroatoms. The molecule has 0 aliphatic rings. The number of nitrogens with two attached hydrogens (primary N) is 1. The number of aromatic nitrogens is 2. The van der Waals surface area contributed by atoms with Crippen molar-refractivity contribution in [3.8, 4) is 11.3 Å². The molecule has 0 radical (unpaired) electrons. The number of halogens is 2. The highest BCUT2D eigenvalue weighted by Crippen LogP contribution is 2.39. The van der Waals surface area contributed by atoms with Gasteiger partial charge in [0, 0.05) is 29.5 Å². The summed E-state index contributed by atoms with van der Waals surface area (Å²) in [4.78, 5) is 16.2. The van der Waals surface area contributed by atoms with E-state index in [0.717, 1.165) is 23.8 Å². The van der Waals surface area contributed by atoms with Gasteiger partial charge in [-0.15, -0.1) is 5.10 Å². The molecule has 4 N–H and O–H groups in total. The summed E-state index contributed by atoms with van der Waals surface area (Å²) in [6.07, 6.45) is 2.47. The number of benzene rings is 2. The highest BCUT2D eigenvalue weighted by molar-refractivity contribution is 9.10. The molecule has 35 heavy (non-hydrogen) atoms. The molecule has 0 saturated carbocycles. The van der Waals surface area contributed by atoms with E-state index in [0.29, 0.717) is 45.7 Å². The Morgan fingerprint density at radius 3 is 2.80 bits per heavy atom. The van der Waals surface area contributed by atoms with Crippen molar-refractivity contribution in [2.75, 3.05) is 0 Å². The smallest absolute Gasteiger partial charge is 0.355 e. The van der Waals surface area contributed by atoms with Gasteiger partial charge in [-0.1, -0.05) is 60.5 Å². The Labute approximate surface area is 214 Å². The van der Waals surface area contributed by atoms with E-state index in [-0.39, 0.29) is 16.7 Å². The molecule has 180 valence electrons. The number of carbonyl (C=O) groups is 1. The van der Waals surface area contributed by atoms with Gasteiger partial charge in [-0.05, 0) is 40.0 Å². The number of imidazole rings is 1. The number of aromatic carboxylic acids is 1. The minimum Gasteiger partial charge on any atom is -0.476 e.